The van der Waals surface area contributed by atoms with E-state index in [1.54, 1.807) is 25.1 Å². The largest absolute Gasteiger partial charge is 0.348 e. The molecule has 29 heavy (non-hydrogen) atoms. The van der Waals surface area contributed by atoms with Crippen LogP contribution in [-0.2, 0) is 0 Å². The van der Waals surface area contributed by atoms with Gasteiger partial charge in [0.2, 0.25) is 0 Å². The molecule has 0 atom stereocenters. The van der Waals surface area contributed by atoms with Gasteiger partial charge < -0.3 is 16.0 Å². The summed E-state index contributed by atoms with van der Waals surface area (Å²) in [5.41, 5.74) is 1.74. The molecule has 1 aliphatic heterocycles. The first-order chi connectivity index (χ1) is 14.0. The van der Waals surface area contributed by atoms with E-state index in [2.05, 4.69) is 26.1 Å². The van der Waals surface area contributed by atoms with Crippen LogP contribution in [-0.4, -0.2) is 47.2 Å². The van der Waals surface area contributed by atoms with Gasteiger partial charge >= 0.3 is 0 Å². The second kappa shape index (κ2) is 8.24. The SMILES string of the molecule is Cc1c(F)cc(C(=O)NC2CNC2)cc1-c1ccc(C(=O)NC2CCCC2)nn1. The Morgan fingerprint density at radius 2 is 1.76 bits per heavy atom. The predicted octanol–water partition coefficient (Wildman–Crippen LogP) is 1.97. The molecule has 0 radical (unpaired) electrons. The van der Waals surface area contributed by atoms with Crippen LogP contribution in [0.3, 0.4) is 0 Å². The second-order valence-corrected chi connectivity index (χ2v) is 7.72. The molecule has 2 aliphatic rings. The summed E-state index contributed by atoms with van der Waals surface area (Å²) < 4.78 is 14.4. The first kappa shape index (κ1) is 19.4. The van der Waals surface area contributed by atoms with Crippen molar-refractivity contribution in [3.63, 3.8) is 0 Å². The van der Waals surface area contributed by atoms with Crippen LogP contribution in [0.2, 0.25) is 0 Å². The van der Waals surface area contributed by atoms with Crippen molar-refractivity contribution in [1.82, 2.24) is 26.1 Å². The summed E-state index contributed by atoms with van der Waals surface area (Å²) in [6.45, 7) is 3.05. The number of carbonyl (C=O) groups excluding carboxylic acids is 2. The van der Waals surface area contributed by atoms with Gasteiger partial charge in [0.05, 0.1) is 11.7 Å². The van der Waals surface area contributed by atoms with Crippen molar-refractivity contribution in [3.05, 3.63) is 46.9 Å². The van der Waals surface area contributed by atoms with Crippen LogP contribution in [0.15, 0.2) is 24.3 Å². The van der Waals surface area contributed by atoms with E-state index in [9.17, 15) is 14.0 Å². The first-order valence-corrected chi connectivity index (χ1v) is 9.98. The van der Waals surface area contributed by atoms with Crippen LogP contribution in [0.4, 0.5) is 4.39 Å². The monoisotopic (exact) mass is 397 g/mol. The van der Waals surface area contributed by atoms with Crippen molar-refractivity contribution < 1.29 is 14.0 Å². The molecule has 2 aromatic rings. The molecule has 2 fully saturated rings. The third-order valence-electron chi connectivity index (χ3n) is 5.59. The van der Waals surface area contributed by atoms with Gasteiger partial charge in [-0.3, -0.25) is 9.59 Å². The number of hydrogen-bond donors (Lipinski definition) is 3. The summed E-state index contributed by atoms with van der Waals surface area (Å²) in [5, 5.41) is 17.0. The number of nitrogens with one attached hydrogen (secondary N) is 3. The van der Waals surface area contributed by atoms with Gasteiger partial charge in [0.1, 0.15) is 5.82 Å². The Labute approximate surface area is 168 Å². The second-order valence-electron chi connectivity index (χ2n) is 7.72. The number of aromatic nitrogens is 2. The van der Waals surface area contributed by atoms with E-state index < -0.39 is 5.82 Å². The standard InChI is InChI=1S/C21H24FN5O2/c1-12-16(8-13(9-17(12)22)20(28)25-15-10-23-11-15)18-6-7-19(27-26-18)21(29)24-14-4-2-3-5-14/h6-9,14-15,23H,2-5,10-11H2,1H3,(H,24,29)(H,25,28). The van der Waals surface area contributed by atoms with Crippen molar-refractivity contribution in [2.45, 2.75) is 44.7 Å². The summed E-state index contributed by atoms with van der Waals surface area (Å²) in [6.07, 6.45) is 4.23. The van der Waals surface area contributed by atoms with Gasteiger partial charge in [0.15, 0.2) is 5.69 Å². The van der Waals surface area contributed by atoms with E-state index in [1.807, 2.05) is 0 Å². The topological polar surface area (TPSA) is 96.0 Å². The van der Waals surface area contributed by atoms with Crippen LogP contribution >= 0.6 is 0 Å². The van der Waals surface area contributed by atoms with Gasteiger partial charge in [0.25, 0.3) is 11.8 Å². The Morgan fingerprint density at radius 3 is 2.38 bits per heavy atom. The van der Waals surface area contributed by atoms with Crippen molar-refractivity contribution in [3.8, 4) is 11.3 Å². The van der Waals surface area contributed by atoms with E-state index in [-0.39, 0.29) is 35.2 Å². The molecule has 1 aromatic heterocycles. The molecule has 2 amide bonds. The zero-order valence-electron chi connectivity index (χ0n) is 16.3. The quantitative estimate of drug-likeness (QED) is 0.717. The maximum atomic E-state index is 14.4. The highest BCUT2D eigenvalue weighted by Gasteiger charge is 2.22. The number of nitrogens with zero attached hydrogens (tertiary/aromatic N) is 2. The Bertz CT molecular complexity index is 921. The third kappa shape index (κ3) is 4.27. The molecule has 0 bridgehead atoms. The highest BCUT2D eigenvalue weighted by atomic mass is 19.1. The smallest absolute Gasteiger partial charge is 0.272 e. The highest BCUT2D eigenvalue weighted by Crippen LogP contribution is 2.25. The van der Waals surface area contributed by atoms with Crippen LogP contribution < -0.4 is 16.0 Å². The fourth-order valence-corrected chi connectivity index (χ4v) is 3.66. The molecule has 1 aromatic carbocycles. The van der Waals surface area contributed by atoms with Crippen LogP contribution in [0.5, 0.6) is 0 Å². The number of rotatable bonds is 5. The lowest BCUT2D eigenvalue weighted by Gasteiger charge is -2.28. The summed E-state index contributed by atoms with van der Waals surface area (Å²) in [5.74, 6) is -1.05. The maximum Gasteiger partial charge on any atom is 0.272 e. The van der Waals surface area contributed by atoms with Gasteiger partial charge in [-0.25, -0.2) is 4.39 Å². The van der Waals surface area contributed by atoms with Gasteiger partial charge in [-0.2, -0.15) is 0 Å². The number of amides is 2. The van der Waals surface area contributed by atoms with E-state index in [0.29, 0.717) is 29.9 Å². The number of benzene rings is 1. The van der Waals surface area contributed by atoms with E-state index in [1.165, 1.54) is 6.07 Å². The Kier molecular flexibility index (Phi) is 5.53. The van der Waals surface area contributed by atoms with Crippen LogP contribution in [0.25, 0.3) is 11.3 Å². The molecular formula is C21H24FN5O2. The summed E-state index contributed by atoms with van der Waals surface area (Å²) >= 11 is 0. The maximum absolute atomic E-state index is 14.4. The minimum atomic E-state index is -0.482. The van der Waals surface area contributed by atoms with Crippen molar-refractivity contribution in [2.24, 2.45) is 0 Å². The lowest BCUT2D eigenvalue weighted by atomic mass is 10.0. The lowest BCUT2D eigenvalue weighted by molar-refractivity contribution is 0.0918. The van der Waals surface area contributed by atoms with Crippen molar-refractivity contribution in [1.29, 1.82) is 0 Å². The summed E-state index contributed by atoms with van der Waals surface area (Å²) in [6, 6.07) is 6.32. The van der Waals surface area contributed by atoms with Crippen LogP contribution in [0, 0.1) is 12.7 Å². The number of halogens is 1. The number of carbonyl (C=O) groups is 2. The number of hydrogen-bond acceptors (Lipinski definition) is 5. The molecule has 152 valence electrons. The fraction of sp³-hybridized carbons (Fsp3) is 0.429. The first-order valence-electron chi connectivity index (χ1n) is 9.98. The molecule has 0 unspecified atom stereocenters. The average Bonchev–Trinajstić information content (AvgIpc) is 3.19. The molecule has 1 aliphatic carbocycles. The Hall–Kier alpha value is -2.87. The van der Waals surface area contributed by atoms with Crippen LogP contribution in [0.1, 0.15) is 52.1 Å². The minimum Gasteiger partial charge on any atom is -0.348 e. The van der Waals surface area contributed by atoms with Gasteiger partial charge in [-0.1, -0.05) is 12.8 Å². The third-order valence-corrected chi connectivity index (χ3v) is 5.59. The van der Waals surface area contributed by atoms with Gasteiger partial charge in [-0.05, 0) is 49.6 Å². The molecule has 2 heterocycles. The Balaban J connectivity index is 1.53. The lowest BCUT2D eigenvalue weighted by Crippen LogP contribution is -2.56. The zero-order chi connectivity index (χ0) is 20.4. The summed E-state index contributed by atoms with van der Waals surface area (Å²) in [7, 11) is 0. The average molecular weight is 397 g/mol. The minimum absolute atomic E-state index is 0.0627. The molecule has 8 heteroatoms. The molecule has 3 N–H and O–H groups in total. The van der Waals surface area contributed by atoms with Crippen molar-refractivity contribution in [2.75, 3.05) is 13.1 Å². The molecule has 4 rings (SSSR count). The molecule has 1 saturated carbocycles. The van der Waals surface area contributed by atoms with Crippen molar-refractivity contribution >= 4 is 11.8 Å². The molecule has 1 saturated heterocycles. The Morgan fingerprint density at radius 1 is 1.03 bits per heavy atom. The molecular weight excluding hydrogens is 373 g/mol. The highest BCUT2D eigenvalue weighted by molar-refractivity contribution is 5.96. The van der Waals surface area contributed by atoms with Gasteiger partial charge in [-0.15, -0.1) is 10.2 Å². The fourth-order valence-electron chi connectivity index (χ4n) is 3.66. The normalized spacial score (nSPS) is 17.0. The molecule has 7 nitrogen and oxygen atoms in total. The summed E-state index contributed by atoms with van der Waals surface area (Å²) in [4.78, 5) is 24.7. The van der Waals surface area contributed by atoms with Gasteiger partial charge in [0, 0.05) is 30.3 Å². The van der Waals surface area contributed by atoms with E-state index >= 15 is 0 Å². The zero-order valence-corrected chi connectivity index (χ0v) is 16.3. The van der Waals surface area contributed by atoms with E-state index in [0.717, 1.165) is 25.7 Å². The predicted molar refractivity (Wildman–Crippen MR) is 106 cm³/mol. The van der Waals surface area contributed by atoms with E-state index in [4.69, 9.17) is 0 Å². The molecule has 0 spiro atoms.